The van der Waals surface area contributed by atoms with Gasteiger partial charge in [-0.1, -0.05) is 75.4 Å². The molecule has 2 aromatic rings. The van der Waals surface area contributed by atoms with Crippen molar-refractivity contribution in [1.29, 1.82) is 0 Å². The van der Waals surface area contributed by atoms with Crippen LogP contribution in [0.1, 0.15) is 26.3 Å². The molecule has 0 aliphatic heterocycles. The molecule has 0 saturated heterocycles. The summed E-state index contributed by atoms with van der Waals surface area (Å²) in [5, 5.41) is 10.4. The summed E-state index contributed by atoms with van der Waals surface area (Å²) in [7, 11) is -3.02. The van der Waals surface area contributed by atoms with Crippen molar-refractivity contribution in [3.8, 4) is 0 Å². The minimum atomic E-state index is -3.02. The molecule has 0 radical (unpaired) electrons. The minimum Gasteiger partial charge on any atom is -0.506 e. The lowest BCUT2D eigenvalue weighted by Crippen LogP contribution is -2.67. The van der Waals surface area contributed by atoms with Gasteiger partial charge in [0.05, 0.1) is 0 Å². The molecule has 0 amide bonds. The predicted octanol–water partition coefficient (Wildman–Crippen LogP) is 3.04. The second kappa shape index (κ2) is 7.70. The number of hydrogen-bond donors (Lipinski definition) is 1. The van der Waals surface area contributed by atoms with Gasteiger partial charge < -0.3 is 9.53 Å². The molecule has 26 heavy (non-hydrogen) atoms. The van der Waals surface area contributed by atoms with Gasteiger partial charge >= 0.3 is 20.3 Å². The summed E-state index contributed by atoms with van der Waals surface area (Å²) in [6.07, 6.45) is 1.80. The fourth-order valence-corrected chi connectivity index (χ4v) is 7.74. The molecule has 2 rings (SSSR count). The molecule has 0 fully saturated rings. The van der Waals surface area contributed by atoms with Gasteiger partial charge in [-0.05, 0) is 27.9 Å². The Kier molecular flexibility index (Phi) is 5.82. The van der Waals surface area contributed by atoms with Gasteiger partial charge in [-0.3, -0.25) is 0 Å². The van der Waals surface area contributed by atoms with Crippen molar-refractivity contribution in [3.05, 3.63) is 72.3 Å². The average molecular weight is 369 g/mol. The zero-order chi connectivity index (χ0) is 19.4. The number of aliphatic carboxylic acids is 1. The first kappa shape index (κ1) is 19.7. The molecule has 1 atom stereocenters. The first-order chi connectivity index (χ1) is 12.2. The molecule has 0 aliphatic rings. The third-order valence-corrected chi connectivity index (χ3v) is 9.46. The molecule has 0 saturated carbocycles. The monoisotopic (exact) mass is 368 g/mol. The number of carbonyl (C=O) groups is 2. The van der Waals surface area contributed by atoms with Crippen LogP contribution in [0.5, 0.6) is 0 Å². The SMILES string of the molecule is Cc1ccccc1[Si](OC(=O)/C=C\C(=O)O)(c1ccccc1)C(C)(C)C. The highest BCUT2D eigenvalue weighted by Crippen LogP contribution is 2.37. The molecular weight excluding hydrogens is 344 g/mol. The van der Waals surface area contributed by atoms with Crippen LogP contribution in [0.25, 0.3) is 0 Å². The molecule has 0 heterocycles. The van der Waals surface area contributed by atoms with Crippen molar-refractivity contribution >= 4 is 30.6 Å². The summed E-state index contributed by atoms with van der Waals surface area (Å²) in [6, 6.07) is 17.7. The van der Waals surface area contributed by atoms with Gasteiger partial charge in [0, 0.05) is 12.2 Å². The van der Waals surface area contributed by atoms with E-state index in [1.165, 1.54) is 0 Å². The summed E-state index contributed by atoms with van der Waals surface area (Å²) < 4.78 is 6.16. The molecular formula is C21H24O4Si. The average Bonchev–Trinajstić information content (AvgIpc) is 2.58. The highest BCUT2D eigenvalue weighted by Gasteiger charge is 2.53. The van der Waals surface area contributed by atoms with Crippen molar-refractivity contribution in [1.82, 2.24) is 0 Å². The maximum atomic E-state index is 12.5. The smallest absolute Gasteiger partial charge is 0.328 e. The van der Waals surface area contributed by atoms with Crippen LogP contribution in [-0.2, 0) is 14.0 Å². The fourth-order valence-electron chi connectivity index (χ4n) is 3.22. The van der Waals surface area contributed by atoms with Crippen LogP contribution < -0.4 is 10.4 Å². The Morgan fingerprint density at radius 2 is 1.54 bits per heavy atom. The van der Waals surface area contributed by atoms with Gasteiger partial charge in [-0.25, -0.2) is 9.59 Å². The number of aryl methyl sites for hydroxylation is 1. The molecule has 136 valence electrons. The summed E-state index contributed by atoms with van der Waals surface area (Å²) >= 11 is 0. The molecule has 2 aromatic carbocycles. The Bertz CT molecular complexity index is 821. The van der Waals surface area contributed by atoms with Gasteiger partial charge in [0.2, 0.25) is 0 Å². The zero-order valence-corrected chi connectivity index (χ0v) is 16.5. The normalized spacial score (nSPS) is 14.0. The summed E-state index contributed by atoms with van der Waals surface area (Å²) in [5.74, 6) is -1.82. The van der Waals surface area contributed by atoms with Gasteiger partial charge in [0.25, 0.3) is 0 Å². The van der Waals surface area contributed by atoms with Crippen LogP contribution >= 0.6 is 0 Å². The van der Waals surface area contributed by atoms with Crippen LogP contribution in [0.2, 0.25) is 5.04 Å². The summed E-state index contributed by atoms with van der Waals surface area (Å²) in [4.78, 5) is 23.3. The van der Waals surface area contributed by atoms with Crippen LogP contribution in [0.15, 0.2) is 66.7 Å². The Labute approximate surface area is 155 Å². The molecule has 1 unspecified atom stereocenters. The van der Waals surface area contributed by atoms with E-state index < -0.39 is 20.3 Å². The molecule has 5 heteroatoms. The number of carbonyl (C=O) groups excluding carboxylic acids is 1. The van der Waals surface area contributed by atoms with E-state index in [1.54, 1.807) is 0 Å². The van der Waals surface area contributed by atoms with Gasteiger partial charge in [-0.15, -0.1) is 0 Å². The zero-order valence-electron chi connectivity index (χ0n) is 15.5. The van der Waals surface area contributed by atoms with Gasteiger partial charge in [0.1, 0.15) is 0 Å². The summed E-state index contributed by atoms with van der Waals surface area (Å²) in [6.45, 7) is 8.19. The van der Waals surface area contributed by atoms with E-state index in [4.69, 9.17) is 9.53 Å². The van der Waals surface area contributed by atoms with E-state index in [9.17, 15) is 9.59 Å². The molecule has 0 aromatic heterocycles. The second-order valence-corrected chi connectivity index (χ2v) is 11.4. The second-order valence-electron chi connectivity index (χ2n) is 7.20. The van der Waals surface area contributed by atoms with Crippen molar-refractivity contribution < 1.29 is 19.1 Å². The Morgan fingerprint density at radius 1 is 0.962 bits per heavy atom. The lowest BCUT2D eigenvalue weighted by Gasteiger charge is -2.42. The standard InChI is InChI=1S/C21H24O4Si/c1-16-10-8-9-13-18(16)26(21(2,3)4,17-11-6-5-7-12-17)25-20(24)15-14-19(22)23/h5-15H,1-4H3,(H,22,23)/b15-14-. The Balaban J connectivity index is 2.72. The Hall–Kier alpha value is -2.66. The third kappa shape index (κ3) is 3.94. The third-order valence-electron chi connectivity index (χ3n) is 4.38. The van der Waals surface area contributed by atoms with Crippen molar-refractivity contribution in [2.75, 3.05) is 0 Å². The van der Waals surface area contributed by atoms with Gasteiger partial charge in [0.15, 0.2) is 0 Å². The molecule has 0 bridgehead atoms. The first-order valence-corrected chi connectivity index (χ1v) is 10.3. The van der Waals surface area contributed by atoms with Crippen molar-refractivity contribution in [2.24, 2.45) is 0 Å². The number of rotatable bonds is 5. The fraction of sp³-hybridized carbons (Fsp3) is 0.238. The number of carboxylic acids is 1. The van der Waals surface area contributed by atoms with Crippen LogP contribution in [0, 0.1) is 6.92 Å². The lowest BCUT2D eigenvalue weighted by atomic mass is 10.2. The van der Waals surface area contributed by atoms with E-state index in [0.717, 1.165) is 28.1 Å². The van der Waals surface area contributed by atoms with E-state index >= 15 is 0 Å². The van der Waals surface area contributed by atoms with Crippen LogP contribution in [0.4, 0.5) is 0 Å². The molecule has 0 spiro atoms. The van der Waals surface area contributed by atoms with E-state index in [-0.39, 0.29) is 5.04 Å². The maximum Gasteiger partial charge on any atom is 0.328 e. The quantitative estimate of drug-likeness (QED) is 0.651. The number of benzene rings is 2. The van der Waals surface area contributed by atoms with E-state index in [2.05, 4.69) is 20.8 Å². The largest absolute Gasteiger partial charge is 0.506 e. The highest BCUT2D eigenvalue weighted by atomic mass is 28.4. The topological polar surface area (TPSA) is 63.6 Å². The summed E-state index contributed by atoms with van der Waals surface area (Å²) in [5.41, 5.74) is 1.05. The molecule has 0 aliphatic carbocycles. The lowest BCUT2D eigenvalue weighted by molar-refractivity contribution is -0.133. The number of carboxylic acid groups (broad SMARTS) is 1. The highest BCUT2D eigenvalue weighted by molar-refractivity contribution is 7.00. The van der Waals surface area contributed by atoms with E-state index in [1.807, 2.05) is 61.5 Å². The maximum absolute atomic E-state index is 12.5. The molecule has 4 nitrogen and oxygen atoms in total. The van der Waals surface area contributed by atoms with Crippen LogP contribution in [0.3, 0.4) is 0 Å². The first-order valence-electron chi connectivity index (χ1n) is 8.44. The van der Waals surface area contributed by atoms with Crippen molar-refractivity contribution in [3.63, 3.8) is 0 Å². The van der Waals surface area contributed by atoms with Crippen LogP contribution in [-0.4, -0.2) is 25.4 Å². The number of hydrogen-bond acceptors (Lipinski definition) is 3. The van der Waals surface area contributed by atoms with Crippen molar-refractivity contribution in [2.45, 2.75) is 32.7 Å². The van der Waals surface area contributed by atoms with E-state index in [0.29, 0.717) is 0 Å². The molecule has 1 N–H and O–H groups in total. The Morgan fingerprint density at radius 3 is 2.08 bits per heavy atom. The predicted molar refractivity (Wildman–Crippen MR) is 105 cm³/mol. The van der Waals surface area contributed by atoms with Gasteiger partial charge in [-0.2, -0.15) is 0 Å². The minimum absolute atomic E-state index is 0.354.